The number of carbonyl (C=O) groups is 1. The minimum atomic E-state index is -0.572. The van der Waals surface area contributed by atoms with E-state index in [0.717, 1.165) is 15.6 Å². The number of hydrogen-bond donors (Lipinski definition) is 3. The molecule has 2 heterocycles. The van der Waals surface area contributed by atoms with Crippen molar-refractivity contribution in [2.45, 2.75) is 13.0 Å². The van der Waals surface area contributed by atoms with Crippen LogP contribution in [0.15, 0.2) is 97.9 Å². The molecule has 4 aromatic rings. The monoisotopic (exact) mass is 531 g/mol. The molecule has 0 fully saturated rings. The fraction of sp³-hybridized carbons (Fsp3) is 0.115. The van der Waals surface area contributed by atoms with Crippen LogP contribution in [0.5, 0.6) is 5.75 Å². The van der Waals surface area contributed by atoms with Gasteiger partial charge in [0.05, 0.1) is 12.7 Å². The summed E-state index contributed by atoms with van der Waals surface area (Å²) < 4.78 is 11.8. The van der Waals surface area contributed by atoms with E-state index >= 15 is 0 Å². The van der Waals surface area contributed by atoms with E-state index in [0.29, 0.717) is 40.3 Å². The molecule has 0 radical (unpaired) electrons. The summed E-state index contributed by atoms with van der Waals surface area (Å²) in [5.74, 6) is 0.879. The van der Waals surface area contributed by atoms with Crippen molar-refractivity contribution in [3.8, 4) is 5.75 Å². The average Bonchev–Trinajstić information content (AvgIpc) is 3.26. The molecule has 3 N–H and O–H groups in total. The molecule has 0 spiro atoms. The Morgan fingerprint density at radius 2 is 1.80 bits per heavy atom. The van der Waals surface area contributed by atoms with Gasteiger partial charge in [-0.25, -0.2) is 4.99 Å². The molecule has 1 aliphatic heterocycles. The Morgan fingerprint density at radius 1 is 1.06 bits per heavy atom. The first kappa shape index (κ1) is 22.7. The number of amides is 1. The van der Waals surface area contributed by atoms with E-state index in [1.165, 1.54) is 0 Å². The van der Waals surface area contributed by atoms with Gasteiger partial charge < -0.3 is 19.8 Å². The summed E-state index contributed by atoms with van der Waals surface area (Å²) in [5, 5.41) is 9.26. The molecule has 9 heteroatoms. The van der Waals surface area contributed by atoms with Gasteiger partial charge in [-0.2, -0.15) is 4.98 Å². The van der Waals surface area contributed by atoms with Gasteiger partial charge in [-0.05, 0) is 55.0 Å². The standard InChI is InChI=1S/C26H22BrN5O3/c1-15-22(24(33)29-16-11-13-17(34-2)14-12-16)23(18-7-3-4-8-19(18)27)31-25(28-15)32-26-30-20-9-5-6-10-21(20)35-26/h3-14,23H,1-2H3,(H,29,33)(H2,28,30,31,32). The molecule has 35 heavy (non-hydrogen) atoms. The van der Waals surface area contributed by atoms with Crippen LogP contribution in [-0.2, 0) is 4.79 Å². The van der Waals surface area contributed by atoms with Gasteiger partial charge in [0, 0.05) is 15.9 Å². The number of aromatic nitrogens is 1. The zero-order valence-electron chi connectivity index (χ0n) is 19.0. The van der Waals surface area contributed by atoms with E-state index < -0.39 is 6.04 Å². The molecule has 0 aliphatic carbocycles. The summed E-state index contributed by atoms with van der Waals surface area (Å²) in [7, 11) is 1.60. The average molecular weight is 532 g/mol. The Hall–Kier alpha value is -4.11. The molecule has 1 atom stereocenters. The van der Waals surface area contributed by atoms with E-state index in [2.05, 4.69) is 36.9 Å². The molecular weight excluding hydrogens is 510 g/mol. The number of benzene rings is 3. The van der Waals surface area contributed by atoms with Gasteiger partial charge in [-0.15, -0.1) is 0 Å². The number of nitrogens with zero attached hydrogens (tertiary/aromatic N) is 2. The predicted molar refractivity (Wildman–Crippen MR) is 139 cm³/mol. The second kappa shape index (κ2) is 9.63. The summed E-state index contributed by atoms with van der Waals surface area (Å²) in [6, 6.07) is 22.1. The van der Waals surface area contributed by atoms with Gasteiger partial charge in [0.2, 0.25) is 5.96 Å². The van der Waals surface area contributed by atoms with E-state index in [1.807, 2.05) is 55.5 Å². The van der Waals surface area contributed by atoms with Crippen LogP contribution in [0.1, 0.15) is 18.5 Å². The lowest BCUT2D eigenvalue weighted by Gasteiger charge is -2.27. The smallest absolute Gasteiger partial charge is 0.302 e. The molecule has 8 nitrogen and oxygen atoms in total. The van der Waals surface area contributed by atoms with Gasteiger partial charge in [-0.1, -0.05) is 46.3 Å². The normalized spacial score (nSPS) is 15.4. The summed E-state index contributed by atoms with van der Waals surface area (Å²) in [6.45, 7) is 1.84. The van der Waals surface area contributed by atoms with Crippen molar-refractivity contribution in [3.63, 3.8) is 0 Å². The number of nitrogens with one attached hydrogen (secondary N) is 3. The zero-order valence-corrected chi connectivity index (χ0v) is 20.6. The third-order valence-electron chi connectivity index (χ3n) is 5.55. The molecule has 3 aromatic carbocycles. The van der Waals surface area contributed by atoms with Crippen molar-refractivity contribution < 1.29 is 13.9 Å². The first-order chi connectivity index (χ1) is 17.0. The zero-order chi connectivity index (χ0) is 24.4. The number of oxazole rings is 1. The Bertz CT molecular complexity index is 1430. The maximum atomic E-state index is 13.4. The number of fused-ring (bicyclic) bond motifs is 1. The molecule has 1 unspecified atom stereocenters. The van der Waals surface area contributed by atoms with Crippen LogP contribution in [0.25, 0.3) is 11.1 Å². The van der Waals surface area contributed by atoms with Crippen molar-refractivity contribution in [1.29, 1.82) is 0 Å². The topological polar surface area (TPSA) is 101 Å². The Labute approximate surface area is 210 Å². The number of aliphatic imine (C=N–C) groups is 1. The molecule has 0 saturated carbocycles. The number of para-hydroxylation sites is 2. The highest BCUT2D eigenvalue weighted by molar-refractivity contribution is 9.10. The highest BCUT2D eigenvalue weighted by Gasteiger charge is 2.31. The number of methoxy groups -OCH3 is 1. The second-order valence-corrected chi connectivity index (χ2v) is 8.71. The largest absolute Gasteiger partial charge is 0.497 e. The van der Waals surface area contributed by atoms with Crippen molar-refractivity contribution in [2.75, 3.05) is 17.7 Å². The third-order valence-corrected chi connectivity index (χ3v) is 6.28. The van der Waals surface area contributed by atoms with Gasteiger partial charge in [0.1, 0.15) is 17.3 Å². The maximum absolute atomic E-state index is 13.4. The fourth-order valence-electron chi connectivity index (χ4n) is 3.86. The van der Waals surface area contributed by atoms with Crippen molar-refractivity contribution >= 4 is 50.6 Å². The molecule has 1 aromatic heterocycles. The highest BCUT2D eigenvalue weighted by Crippen LogP contribution is 2.35. The van der Waals surface area contributed by atoms with Crippen LogP contribution in [-0.4, -0.2) is 24.0 Å². The SMILES string of the molecule is COc1ccc(NC(=O)C2=C(C)NC(Nc3nc4ccccc4o3)=NC2c2ccccc2Br)cc1. The van der Waals surface area contributed by atoms with Crippen LogP contribution >= 0.6 is 15.9 Å². The lowest BCUT2D eigenvalue weighted by atomic mass is 9.95. The lowest BCUT2D eigenvalue weighted by Crippen LogP contribution is -2.37. The summed E-state index contributed by atoms with van der Waals surface area (Å²) in [6.07, 6.45) is 0. The second-order valence-electron chi connectivity index (χ2n) is 7.86. The van der Waals surface area contributed by atoms with Gasteiger partial charge in [0.15, 0.2) is 5.58 Å². The van der Waals surface area contributed by atoms with Crippen LogP contribution in [0.4, 0.5) is 11.7 Å². The Morgan fingerprint density at radius 3 is 2.54 bits per heavy atom. The van der Waals surface area contributed by atoms with Gasteiger partial charge in [0.25, 0.3) is 5.91 Å². The molecule has 1 amide bonds. The molecule has 0 bridgehead atoms. The van der Waals surface area contributed by atoms with Gasteiger partial charge >= 0.3 is 6.01 Å². The van der Waals surface area contributed by atoms with E-state index in [4.69, 9.17) is 14.1 Å². The Kier molecular flexibility index (Phi) is 6.24. The van der Waals surface area contributed by atoms with Gasteiger partial charge in [-0.3, -0.25) is 10.1 Å². The molecule has 5 rings (SSSR count). The quantitative estimate of drug-likeness (QED) is 0.308. The predicted octanol–water partition coefficient (Wildman–Crippen LogP) is 5.62. The van der Waals surface area contributed by atoms with Crippen LogP contribution in [0, 0.1) is 0 Å². The number of carbonyl (C=O) groups excluding carboxylic acids is 1. The number of allylic oxidation sites excluding steroid dienone is 1. The van der Waals surface area contributed by atoms with E-state index in [9.17, 15) is 4.79 Å². The summed E-state index contributed by atoms with van der Waals surface area (Å²) in [4.78, 5) is 22.7. The highest BCUT2D eigenvalue weighted by atomic mass is 79.9. The van der Waals surface area contributed by atoms with Crippen molar-refractivity contribution in [3.05, 3.63) is 94.1 Å². The minimum Gasteiger partial charge on any atom is -0.497 e. The molecule has 176 valence electrons. The lowest BCUT2D eigenvalue weighted by molar-refractivity contribution is -0.113. The van der Waals surface area contributed by atoms with Crippen molar-refractivity contribution in [1.82, 2.24) is 10.3 Å². The third kappa shape index (κ3) is 4.76. The number of rotatable bonds is 5. The molecular formula is C26H22BrN5O3. The van der Waals surface area contributed by atoms with Crippen LogP contribution in [0.2, 0.25) is 0 Å². The molecule has 0 saturated heterocycles. The van der Waals surface area contributed by atoms with Crippen molar-refractivity contribution in [2.24, 2.45) is 4.99 Å². The number of anilines is 2. The summed E-state index contributed by atoms with van der Waals surface area (Å²) in [5.41, 5.74) is 4.06. The fourth-order valence-corrected chi connectivity index (χ4v) is 4.36. The number of hydrogen-bond acceptors (Lipinski definition) is 7. The summed E-state index contributed by atoms with van der Waals surface area (Å²) >= 11 is 3.61. The van der Waals surface area contributed by atoms with Crippen LogP contribution < -0.4 is 20.7 Å². The number of guanidine groups is 1. The van der Waals surface area contributed by atoms with E-state index in [1.54, 1.807) is 31.4 Å². The van der Waals surface area contributed by atoms with Crippen LogP contribution in [0.3, 0.4) is 0 Å². The minimum absolute atomic E-state index is 0.259. The Balaban J connectivity index is 1.47. The van der Waals surface area contributed by atoms with E-state index in [-0.39, 0.29) is 5.91 Å². The maximum Gasteiger partial charge on any atom is 0.302 e. The first-order valence-corrected chi connectivity index (χ1v) is 11.7. The number of ether oxygens (including phenoxy) is 1. The first-order valence-electron chi connectivity index (χ1n) is 10.9. The molecule has 1 aliphatic rings. The number of halogens is 1.